The fourth-order valence-corrected chi connectivity index (χ4v) is 3.02. The first kappa shape index (κ1) is 17.2. The number of aromatic nitrogens is 2. The number of rotatable bonds is 5. The molecule has 132 valence electrons. The largest absolute Gasteiger partial charge is 0.480 e. The van der Waals surface area contributed by atoms with E-state index in [1.807, 2.05) is 6.07 Å². The molecule has 0 saturated carbocycles. The van der Waals surface area contributed by atoms with E-state index in [9.17, 15) is 9.59 Å². The number of piperazine rings is 1. The number of hydrogen-bond donors (Lipinski definition) is 1. The van der Waals surface area contributed by atoms with Crippen molar-refractivity contribution in [1.82, 2.24) is 19.6 Å². The van der Waals surface area contributed by atoms with Crippen molar-refractivity contribution in [1.29, 1.82) is 0 Å². The number of carboxylic acid groups (broad SMARTS) is 1. The molecule has 1 saturated heterocycles. The summed E-state index contributed by atoms with van der Waals surface area (Å²) in [4.78, 5) is 27.4. The molecule has 1 fully saturated rings. The second-order valence-corrected chi connectivity index (χ2v) is 6.32. The van der Waals surface area contributed by atoms with E-state index < -0.39 is 5.97 Å². The van der Waals surface area contributed by atoms with Crippen LogP contribution in [0.5, 0.6) is 0 Å². The summed E-state index contributed by atoms with van der Waals surface area (Å²) in [6, 6.07) is 8.35. The van der Waals surface area contributed by atoms with Crippen molar-refractivity contribution >= 4 is 11.9 Å². The molecule has 1 N–H and O–H groups in total. The molecule has 0 unspecified atom stereocenters. The molecule has 1 aromatic heterocycles. The quantitative estimate of drug-likeness (QED) is 0.884. The average molecular weight is 342 g/mol. The van der Waals surface area contributed by atoms with E-state index in [4.69, 9.17) is 5.11 Å². The van der Waals surface area contributed by atoms with Crippen LogP contribution in [-0.4, -0.2) is 62.7 Å². The van der Waals surface area contributed by atoms with Gasteiger partial charge in [-0.2, -0.15) is 5.10 Å². The Bertz CT molecular complexity index is 763. The maximum Gasteiger partial charge on any atom is 0.325 e. The van der Waals surface area contributed by atoms with Gasteiger partial charge >= 0.3 is 5.97 Å². The van der Waals surface area contributed by atoms with Crippen LogP contribution in [0.25, 0.3) is 0 Å². The highest BCUT2D eigenvalue weighted by Crippen LogP contribution is 2.14. The smallest absolute Gasteiger partial charge is 0.325 e. The second-order valence-electron chi connectivity index (χ2n) is 6.32. The summed E-state index contributed by atoms with van der Waals surface area (Å²) in [5.41, 5.74) is 3.04. The molecular weight excluding hydrogens is 320 g/mol. The van der Waals surface area contributed by atoms with Crippen LogP contribution in [0.4, 0.5) is 0 Å². The van der Waals surface area contributed by atoms with Crippen molar-refractivity contribution in [2.75, 3.05) is 26.2 Å². The number of aryl methyl sites for hydroxylation is 1. The lowest BCUT2D eigenvalue weighted by Crippen LogP contribution is -2.48. The molecule has 0 radical (unpaired) electrons. The molecule has 0 bridgehead atoms. The fourth-order valence-electron chi connectivity index (χ4n) is 3.02. The van der Waals surface area contributed by atoms with E-state index >= 15 is 0 Å². The molecular formula is C18H22N4O3. The minimum atomic E-state index is -0.980. The SMILES string of the molecule is Cc1ccccc1CN1CCN(C(=O)c2cnn(CC(=O)O)c2)CC1. The van der Waals surface area contributed by atoms with Crippen molar-refractivity contribution in [2.24, 2.45) is 0 Å². The molecule has 1 aliphatic rings. The van der Waals surface area contributed by atoms with Crippen LogP contribution in [0.2, 0.25) is 0 Å². The van der Waals surface area contributed by atoms with Crippen molar-refractivity contribution in [2.45, 2.75) is 20.0 Å². The number of nitrogens with zero attached hydrogens (tertiary/aromatic N) is 4. The first-order chi connectivity index (χ1) is 12.0. The zero-order valence-corrected chi connectivity index (χ0v) is 14.3. The summed E-state index contributed by atoms with van der Waals surface area (Å²) in [5.74, 6) is -1.07. The lowest BCUT2D eigenvalue weighted by atomic mass is 10.1. The van der Waals surface area contributed by atoms with Gasteiger partial charge in [0.25, 0.3) is 5.91 Å². The van der Waals surface area contributed by atoms with Crippen LogP contribution in [0.3, 0.4) is 0 Å². The van der Waals surface area contributed by atoms with Gasteiger partial charge in [-0.05, 0) is 18.1 Å². The third-order valence-corrected chi connectivity index (χ3v) is 4.49. The zero-order chi connectivity index (χ0) is 17.8. The minimum Gasteiger partial charge on any atom is -0.480 e. The number of amides is 1. The van der Waals surface area contributed by atoms with E-state index in [0.717, 1.165) is 19.6 Å². The number of benzene rings is 1. The standard InChI is InChI=1S/C18H22N4O3/c1-14-4-2-3-5-15(14)11-20-6-8-21(9-7-20)18(25)16-10-19-22(12-16)13-17(23)24/h2-5,10,12H,6-9,11,13H2,1H3,(H,23,24). The van der Waals surface area contributed by atoms with Gasteiger partial charge in [0.1, 0.15) is 6.54 Å². The third-order valence-electron chi connectivity index (χ3n) is 4.49. The summed E-state index contributed by atoms with van der Waals surface area (Å²) >= 11 is 0. The Balaban J connectivity index is 1.55. The molecule has 1 aliphatic heterocycles. The van der Waals surface area contributed by atoms with Gasteiger partial charge in [0.2, 0.25) is 0 Å². The van der Waals surface area contributed by atoms with E-state index in [2.05, 4.69) is 35.1 Å². The monoisotopic (exact) mass is 342 g/mol. The normalized spacial score (nSPS) is 15.3. The van der Waals surface area contributed by atoms with Gasteiger partial charge in [-0.3, -0.25) is 19.2 Å². The minimum absolute atomic E-state index is 0.0906. The Labute approximate surface area is 146 Å². The highest BCUT2D eigenvalue weighted by atomic mass is 16.4. The average Bonchev–Trinajstić information content (AvgIpc) is 3.05. The Morgan fingerprint density at radius 2 is 1.88 bits per heavy atom. The molecule has 7 nitrogen and oxygen atoms in total. The van der Waals surface area contributed by atoms with E-state index in [1.54, 1.807) is 4.90 Å². The molecule has 1 amide bonds. The highest BCUT2D eigenvalue weighted by molar-refractivity contribution is 5.93. The van der Waals surface area contributed by atoms with Gasteiger partial charge in [0.15, 0.2) is 0 Å². The van der Waals surface area contributed by atoms with Crippen LogP contribution < -0.4 is 0 Å². The van der Waals surface area contributed by atoms with E-state index in [0.29, 0.717) is 18.7 Å². The first-order valence-corrected chi connectivity index (χ1v) is 8.33. The van der Waals surface area contributed by atoms with Crippen molar-refractivity contribution in [3.8, 4) is 0 Å². The van der Waals surface area contributed by atoms with Gasteiger partial charge in [-0.15, -0.1) is 0 Å². The number of aliphatic carboxylic acids is 1. The predicted molar refractivity (Wildman–Crippen MR) is 92.2 cm³/mol. The Kier molecular flexibility index (Phi) is 5.14. The molecule has 3 rings (SSSR count). The molecule has 0 spiro atoms. The number of hydrogen-bond acceptors (Lipinski definition) is 4. The van der Waals surface area contributed by atoms with E-state index in [1.165, 1.54) is 28.2 Å². The molecule has 0 atom stereocenters. The molecule has 2 heterocycles. The van der Waals surface area contributed by atoms with Gasteiger partial charge in [0.05, 0.1) is 11.8 Å². The zero-order valence-electron chi connectivity index (χ0n) is 14.3. The molecule has 7 heteroatoms. The summed E-state index contributed by atoms with van der Waals surface area (Å²) in [6.45, 7) is 5.74. The van der Waals surface area contributed by atoms with Crippen molar-refractivity contribution in [3.63, 3.8) is 0 Å². The van der Waals surface area contributed by atoms with Crippen LogP contribution in [0.15, 0.2) is 36.7 Å². The first-order valence-electron chi connectivity index (χ1n) is 8.33. The van der Waals surface area contributed by atoms with Gasteiger partial charge in [-0.25, -0.2) is 0 Å². The number of carbonyl (C=O) groups excluding carboxylic acids is 1. The lowest BCUT2D eigenvalue weighted by Gasteiger charge is -2.34. The van der Waals surface area contributed by atoms with Crippen molar-refractivity contribution in [3.05, 3.63) is 53.3 Å². The maximum atomic E-state index is 12.5. The lowest BCUT2D eigenvalue weighted by molar-refractivity contribution is -0.137. The van der Waals surface area contributed by atoms with Crippen LogP contribution in [0.1, 0.15) is 21.5 Å². The summed E-state index contributed by atoms with van der Waals surface area (Å²) in [5, 5.41) is 12.7. The third kappa shape index (κ3) is 4.24. The topological polar surface area (TPSA) is 78.7 Å². The predicted octanol–water partition coefficient (Wildman–Crippen LogP) is 1.23. The number of carbonyl (C=O) groups is 2. The highest BCUT2D eigenvalue weighted by Gasteiger charge is 2.23. The van der Waals surface area contributed by atoms with Crippen LogP contribution >= 0.6 is 0 Å². The summed E-state index contributed by atoms with van der Waals surface area (Å²) in [7, 11) is 0. The van der Waals surface area contributed by atoms with Crippen LogP contribution in [-0.2, 0) is 17.9 Å². The molecule has 0 aliphatic carbocycles. The Morgan fingerprint density at radius 3 is 2.56 bits per heavy atom. The summed E-state index contributed by atoms with van der Waals surface area (Å²) < 4.78 is 1.27. The molecule has 25 heavy (non-hydrogen) atoms. The van der Waals surface area contributed by atoms with Crippen LogP contribution in [0, 0.1) is 6.92 Å². The summed E-state index contributed by atoms with van der Waals surface area (Å²) in [6.07, 6.45) is 2.93. The number of carboxylic acids is 1. The molecule has 2 aromatic rings. The van der Waals surface area contributed by atoms with E-state index in [-0.39, 0.29) is 12.5 Å². The second kappa shape index (κ2) is 7.48. The van der Waals surface area contributed by atoms with Crippen molar-refractivity contribution < 1.29 is 14.7 Å². The van der Waals surface area contributed by atoms with Gasteiger partial charge in [0, 0.05) is 38.9 Å². The fraction of sp³-hybridized carbons (Fsp3) is 0.389. The Morgan fingerprint density at radius 1 is 1.16 bits per heavy atom. The van der Waals surface area contributed by atoms with Gasteiger partial charge in [-0.1, -0.05) is 24.3 Å². The maximum absolute atomic E-state index is 12.5. The molecule has 1 aromatic carbocycles. The Hall–Kier alpha value is -2.67. The van der Waals surface area contributed by atoms with Gasteiger partial charge < -0.3 is 10.0 Å².